The van der Waals surface area contributed by atoms with Crippen LogP contribution < -0.4 is 5.73 Å². The molecule has 0 fully saturated rings. The van der Waals surface area contributed by atoms with Gasteiger partial charge in [0.1, 0.15) is 6.54 Å². The molecule has 0 aliphatic carbocycles. The van der Waals surface area contributed by atoms with E-state index in [0.717, 1.165) is 5.56 Å². The first-order valence-electron chi connectivity index (χ1n) is 4.82. The van der Waals surface area contributed by atoms with Gasteiger partial charge >= 0.3 is 0 Å². The molecule has 0 saturated heterocycles. The zero-order valence-corrected chi connectivity index (χ0v) is 9.46. The van der Waals surface area contributed by atoms with Crippen molar-refractivity contribution in [2.75, 3.05) is 5.73 Å². The molecule has 0 bridgehead atoms. The van der Waals surface area contributed by atoms with Gasteiger partial charge in [-0.25, -0.2) is 4.68 Å². The van der Waals surface area contributed by atoms with Crippen LogP contribution in [-0.2, 0) is 6.54 Å². The first kappa shape index (κ1) is 9.97. The first-order valence-corrected chi connectivity index (χ1v) is 5.76. The van der Waals surface area contributed by atoms with Gasteiger partial charge in [-0.15, -0.1) is 5.10 Å². The molecule has 8 heteroatoms. The number of thiophene rings is 1. The maximum Gasteiger partial charge on any atom is 0.258 e. The molecule has 3 aromatic heterocycles. The van der Waals surface area contributed by atoms with E-state index in [2.05, 4.69) is 20.5 Å². The predicted octanol–water partition coefficient (Wildman–Crippen LogP) is 1.02. The fourth-order valence-corrected chi connectivity index (χ4v) is 1.99. The van der Waals surface area contributed by atoms with Crippen molar-refractivity contribution in [2.45, 2.75) is 6.54 Å². The van der Waals surface area contributed by atoms with Crippen LogP contribution in [-0.4, -0.2) is 25.1 Å². The summed E-state index contributed by atoms with van der Waals surface area (Å²) in [4.78, 5) is 4.26. The second-order valence-corrected chi connectivity index (χ2v) is 4.15. The maximum absolute atomic E-state index is 5.46. The van der Waals surface area contributed by atoms with Gasteiger partial charge < -0.3 is 10.3 Å². The predicted molar refractivity (Wildman–Crippen MR) is 61.1 cm³/mol. The average Bonchev–Trinajstić information content (AvgIpc) is 3.00. The Bertz CT molecular complexity index is 613. The molecule has 0 spiro atoms. The molecule has 0 amide bonds. The van der Waals surface area contributed by atoms with E-state index in [1.807, 2.05) is 16.8 Å². The van der Waals surface area contributed by atoms with Crippen LogP contribution in [0.15, 0.2) is 27.5 Å². The van der Waals surface area contributed by atoms with E-state index in [9.17, 15) is 0 Å². The second kappa shape index (κ2) is 3.98. The Hall–Kier alpha value is -2.22. The molecular weight excluding hydrogens is 240 g/mol. The van der Waals surface area contributed by atoms with E-state index < -0.39 is 0 Å². The SMILES string of the molecule is Nc1cn(Cc2noc(-c3ccsc3)n2)nn1. The van der Waals surface area contributed by atoms with E-state index >= 15 is 0 Å². The summed E-state index contributed by atoms with van der Waals surface area (Å²) < 4.78 is 6.69. The Labute approximate surface area is 99.9 Å². The Kier molecular flexibility index (Phi) is 2.33. The standard InChI is InChI=1S/C9H8N6OS/c10-7-3-15(14-12-7)4-8-11-9(16-13-8)6-1-2-17-5-6/h1-3,5H,4,10H2. The van der Waals surface area contributed by atoms with Crippen molar-refractivity contribution >= 4 is 17.2 Å². The summed E-state index contributed by atoms with van der Waals surface area (Å²) in [6, 6.07) is 1.93. The summed E-state index contributed by atoms with van der Waals surface area (Å²) >= 11 is 1.58. The second-order valence-electron chi connectivity index (χ2n) is 3.37. The maximum atomic E-state index is 5.46. The van der Waals surface area contributed by atoms with Crippen molar-refractivity contribution < 1.29 is 4.52 Å². The van der Waals surface area contributed by atoms with Gasteiger partial charge in [-0.2, -0.15) is 16.3 Å². The van der Waals surface area contributed by atoms with E-state index in [0.29, 0.717) is 24.1 Å². The molecule has 3 aromatic rings. The molecule has 0 atom stereocenters. The molecule has 0 aliphatic rings. The third-order valence-electron chi connectivity index (χ3n) is 2.10. The van der Waals surface area contributed by atoms with Crippen LogP contribution in [0, 0.1) is 0 Å². The zero-order chi connectivity index (χ0) is 11.7. The number of anilines is 1. The number of hydrogen-bond acceptors (Lipinski definition) is 7. The Balaban J connectivity index is 1.81. The molecule has 7 nitrogen and oxygen atoms in total. The molecule has 17 heavy (non-hydrogen) atoms. The highest BCUT2D eigenvalue weighted by Gasteiger charge is 2.09. The Morgan fingerprint density at radius 1 is 1.47 bits per heavy atom. The van der Waals surface area contributed by atoms with Crippen LogP contribution in [0.1, 0.15) is 5.82 Å². The number of nitrogen functional groups attached to an aromatic ring is 1. The summed E-state index contributed by atoms with van der Waals surface area (Å²) in [6.07, 6.45) is 1.61. The summed E-state index contributed by atoms with van der Waals surface area (Å²) in [6.45, 7) is 0.387. The smallest absolute Gasteiger partial charge is 0.258 e. The fourth-order valence-electron chi connectivity index (χ4n) is 1.36. The van der Waals surface area contributed by atoms with Gasteiger partial charge in [0.25, 0.3) is 5.89 Å². The van der Waals surface area contributed by atoms with Crippen molar-refractivity contribution in [3.05, 3.63) is 28.8 Å². The van der Waals surface area contributed by atoms with E-state index in [1.165, 1.54) is 0 Å². The number of rotatable bonds is 3. The highest BCUT2D eigenvalue weighted by atomic mass is 32.1. The number of hydrogen-bond donors (Lipinski definition) is 1. The van der Waals surface area contributed by atoms with Crippen molar-refractivity contribution in [1.29, 1.82) is 0 Å². The van der Waals surface area contributed by atoms with E-state index in [1.54, 1.807) is 22.2 Å². The minimum atomic E-state index is 0.367. The number of aromatic nitrogens is 5. The van der Waals surface area contributed by atoms with Crippen LogP contribution >= 0.6 is 11.3 Å². The largest absolute Gasteiger partial charge is 0.381 e. The highest BCUT2D eigenvalue weighted by molar-refractivity contribution is 7.08. The molecule has 0 saturated carbocycles. The average molecular weight is 248 g/mol. The summed E-state index contributed by atoms with van der Waals surface area (Å²) in [7, 11) is 0. The Morgan fingerprint density at radius 2 is 2.41 bits per heavy atom. The van der Waals surface area contributed by atoms with Crippen molar-refractivity contribution in [3.63, 3.8) is 0 Å². The lowest BCUT2D eigenvalue weighted by atomic mass is 10.3. The molecule has 86 valence electrons. The molecule has 3 rings (SSSR count). The normalized spacial score (nSPS) is 10.8. The number of nitrogens with two attached hydrogens (primary N) is 1. The molecule has 2 N–H and O–H groups in total. The van der Waals surface area contributed by atoms with Gasteiger partial charge in [0.2, 0.25) is 0 Å². The zero-order valence-electron chi connectivity index (χ0n) is 8.65. The summed E-state index contributed by atoms with van der Waals surface area (Å²) in [5.41, 5.74) is 6.38. The van der Waals surface area contributed by atoms with Gasteiger partial charge in [0.15, 0.2) is 11.6 Å². The molecule has 0 aliphatic heterocycles. The third kappa shape index (κ3) is 2.02. The minimum Gasteiger partial charge on any atom is -0.381 e. The van der Waals surface area contributed by atoms with Gasteiger partial charge in [-0.1, -0.05) is 10.4 Å². The van der Waals surface area contributed by atoms with Crippen LogP contribution in [0.4, 0.5) is 5.82 Å². The van der Waals surface area contributed by atoms with E-state index in [-0.39, 0.29) is 0 Å². The molecule has 0 aromatic carbocycles. The first-order chi connectivity index (χ1) is 8.31. The Morgan fingerprint density at radius 3 is 3.12 bits per heavy atom. The van der Waals surface area contributed by atoms with E-state index in [4.69, 9.17) is 10.3 Å². The van der Waals surface area contributed by atoms with Gasteiger partial charge in [-0.05, 0) is 11.4 Å². The lowest BCUT2D eigenvalue weighted by Gasteiger charge is -1.91. The van der Waals surface area contributed by atoms with Gasteiger partial charge in [0.05, 0.1) is 11.8 Å². The highest BCUT2D eigenvalue weighted by Crippen LogP contribution is 2.19. The van der Waals surface area contributed by atoms with Crippen LogP contribution in [0.25, 0.3) is 11.5 Å². The molecular formula is C9H8N6OS. The summed E-state index contributed by atoms with van der Waals surface area (Å²) in [5, 5.41) is 15.3. The minimum absolute atomic E-state index is 0.367. The quantitative estimate of drug-likeness (QED) is 0.743. The fraction of sp³-hybridized carbons (Fsp3) is 0.111. The van der Waals surface area contributed by atoms with Gasteiger partial charge in [0, 0.05) is 5.38 Å². The molecule has 3 heterocycles. The van der Waals surface area contributed by atoms with Crippen molar-refractivity contribution in [2.24, 2.45) is 0 Å². The van der Waals surface area contributed by atoms with Crippen molar-refractivity contribution in [1.82, 2.24) is 25.1 Å². The number of nitrogens with zero attached hydrogens (tertiary/aromatic N) is 5. The van der Waals surface area contributed by atoms with Crippen LogP contribution in [0.2, 0.25) is 0 Å². The summed E-state index contributed by atoms with van der Waals surface area (Å²) in [5.74, 6) is 1.41. The monoisotopic (exact) mass is 248 g/mol. The molecule has 0 unspecified atom stereocenters. The van der Waals surface area contributed by atoms with Crippen LogP contribution in [0.5, 0.6) is 0 Å². The third-order valence-corrected chi connectivity index (χ3v) is 2.78. The lowest BCUT2D eigenvalue weighted by Crippen LogP contribution is -2.02. The van der Waals surface area contributed by atoms with Gasteiger partial charge in [-0.3, -0.25) is 0 Å². The lowest BCUT2D eigenvalue weighted by molar-refractivity contribution is 0.418. The van der Waals surface area contributed by atoms with Crippen LogP contribution in [0.3, 0.4) is 0 Å². The molecule has 0 radical (unpaired) electrons. The van der Waals surface area contributed by atoms with Crippen molar-refractivity contribution in [3.8, 4) is 11.5 Å². The topological polar surface area (TPSA) is 95.7 Å².